The highest BCUT2D eigenvalue weighted by atomic mass is 16.6. The van der Waals surface area contributed by atoms with Crippen molar-refractivity contribution in [2.24, 2.45) is 5.90 Å². The first-order valence-corrected chi connectivity index (χ1v) is 6.06. The highest BCUT2D eigenvalue weighted by Gasteiger charge is 2.25. The summed E-state index contributed by atoms with van der Waals surface area (Å²) in [7, 11) is 3.73. The standard InChI is InChI=1S/C13H20N2O3/c1-15-8-11(9-15)18-12-4-3-10(5-6-17-14)7-13(12)16-2/h3-4,7,11H,5-6,8-9,14H2,1-2H3. The number of nitrogens with zero attached hydrogens (tertiary/aromatic N) is 1. The van der Waals surface area contributed by atoms with Gasteiger partial charge in [-0.15, -0.1) is 0 Å². The van der Waals surface area contributed by atoms with Crippen LogP contribution < -0.4 is 15.4 Å². The number of hydrogen-bond acceptors (Lipinski definition) is 5. The van der Waals surface area contributed by atoms with Crippen LogP contribution >= 0.6 is 0 Å². The van der Waals surface area contributed by atoms with Gasteiger partial charge in [-0.3, -0.25) is 4.90 Å². The molecule has 1 heterocycles. The van der Waals surface area contributed by atoms with Crippen LogP contribution in [-0.2, 0) is 11.3 Å². The van der Waals surface area contributed by atoms with E-state index < -0.39 is 0 Å². The van der Waals surface area contributed by atoms with Gasteiger partial charge in [0.1, 0.15) is 6.10 Å². The summed E-state index contributed by atoms with van der Waals surface area (Å²) in [4.78, 5) is 6.79. The van der Waals surface area contributed by atoms with E-state index in [4.69, 9.17) is 15.4 Å². The smallest absolute Gasteiger partial charge is 0.161 e. The predicted octanol–water partition coefficient (Wildman–Crippen LogP) is 0.821. The predicted molar refractivity (Wildman–Crippen MR) is 68.8 cm³/mol. The van der Waals surface area contributed by atoms with Gasteiger partial charge < -0.3 is 14.3 Å². The lowest BCUT2D eigenvalue weighted by molar-refractivity contribution is 0.0369. The number of likely N-dealkylation sites (tertiary alicyclic amines) is 1. The van der Waals surface area contributed by atoms with Gasteiger partial charge in [0.2, 0.25) is 0 Å². The number of ether oxygens (including phenoxy) is 2. The van der Waals surface area contributed by atoms with Crippen LogP contribution in [-0.4, -0.2) is 44.9 Å². The summed E-state index contributed by atoms with van der Waals surface area (Å²) in [5.41, 5.74) is 1.12. The van der Waals surface area contributed by atoms with E-state index in [0.717, 1.165) is 36.6 Å². The summed E-state index contributed by atoms with van der Waals surface area (Å²) < 4.78 is 11.2. The average molecular weight is 252 g/mol. The highest BCUT2D eigenvalue weighted by Crippen LogP contribution is 2.30. The van der Waals surface area contributed by atoms with Crippen molar-refractivity contribution in [2.75, 3.05) is 33.9 Å². The molecule has 1 saturated heterocycles. The van der Waals surface area contributed by atoms with Crippen LogP contribution in [0.25, 0.3) is 0 Å². The molecular formula is C13H20N2O3. The van der Waals surface area contributed by atoms with Crippen molar-refractivity contribution in [3.63, 3.8) is 0 Å². The molecule has 100 valence electrons. The summed E-state index contributed by atoms with van der Waals surface area (Å²) in [6.07, 6.45) is 1.03. The zero-order valence-corrected chi connectivity index (χ0v) is 10.9. The maximum absolute atomic E-state index is 5.88. The van der Waals surface area contributed by atoms with Crippen LogP contribution in [0.2, 0.25) is 0 Å². The molecule has 5 heteroatoms. The normalized spacial score (nSPS) is 16.4. The van der Waals surface area contributed by atoms with Gasteiger partial charge in [-0.25, -0.2) is 5.90 Å². The van der Waals surface area contributed by atoms with Crippen molar-refractivity contribution >= 4 is 0 Å². The second kappa shape index (κ2) is 6.04. The summed E-state index contributed by atoms with van der Waals surface area (Å²) in [6, 6.07) is 5.93. The van der Waals surface area contributed by atoms with Crippen molar-refractivity contribution in [1.29, 1.82) is 0 Å². The lowest BCUT2D eigenvalue weighted by Crippen LogP contribution is -2.51. The molecule has 1 aromatic rings. The minimum absolute atomic E-state index is 0.266. The molecule has 5 nitrogen and oxygen atoms in total. The van der Waals surface area contributed by atoms with E-state index in [1.54, 1.807) is 7.11 Å². The molecule has 1 aromatic carbocycles. The number of benzene rings is 1. The van der Waals surface area contributed by atoms with Gasteiger partial charge in [0, 0.05) is 13.1 Å². The fourth-order valence-electron chi connectivity index (χ4n) is 2.04. The average Bonchev–Trinajstić information content (AvgIpc) is 2.35. The molecule has 0 unspecified atom stereocenters. The van der Waals surface area contributed by atoms with Gasteiger partial charge in [-0.05, 0) is 31.2 Å². The van der Waals surface area contributed by atoms with E-state index in [9.17, 15) is 0 Å². The largest absolute Gasteiger partial charge is 0.493 e. The van der Waals surface area contributed by atoms with Crippen LogP contribution in [0.5, 0.6) is 11.5 Å². The van der Waals surface area contributed by atoms with E-state index in [-0.39, 0.29) is 6.10 Å². The second-order valence-electron chi connectivity index (χ2n) is 4.57. The summed E-state index contributed by atoms with van der Waals surface area (Å²) in [6.45, 7) is 2.43. The Hall–Kier alpha value is -1.30. The van der Waals surface area contributed by atoms with E-state index in [1.165, 1.54) is 0 Å². The van der Waals surface area contributed by atoms with Crippen molar-refractivity contribution < 1.29 is 14.3 Å². The van der Waals surface area contributed by atoms with Crippen LogP contribution in [0.4, 0.5) is 0 Å². The Balaban J connectivity index is 2.01. The van der Waals surface area contributed by atoms with E-state index in [1.807, 2.05) is 18.2 Å². The molecule has 0 amide bonds. The van der Waals surface area contributed by atoms with Crippen LogP contribution in [0.1, 0.15) is 5.56 Å². The molecule has 1 aliphatic rings. The number of rotatable bonds is 6. The lowest BCUT2D eigenvalue weighted by atomic mass is 10.1. The van der Waals surface area contributed by atoms with Crippen LogP contribution in [0, 0.1) is 0 Å². The second-order valence-corrected chi connectivity index (χ2v) is 4.57. The Morgan fingerprint density at radius 1 is 1.33 bits per heavy atom. The summed E-state index contributed by atoms with van der Waals surface area (Å²) in [5, 5.41) is 0. The third-order valence-corrected chi connectivity index (χ3v) is 3.06. The molecule has 0 spiro atoms. The molecule has 0 radical (unpaired) electrons. The summed E-state index contributed by atoms with van der Waals surface area (Å²) >= 11 is 0. The first-order chi connectivity index (χ1) is 8.72. The number of likely N-dealkylation sites (N-methyl/N-ethyl adjacent to an activating group) is 1. The zero-order valence-electron chi connectivity index (χ0n) is 10.9. The fraction of sp³-hybridized carbons (Fsp3) is 0.538. The van der Waals surface area contributed by atoms with Crippen molar-refractivity contribution in [2.45, 2.75) is 12.5 Å². The molecule has 2 N–H and O–H groups in total. The molecule has 0 atom stereocenters. The third kappa shape index (κ3) is 3.13. The maximum Gasteiger partial charge on any atom is 0.161 e. The van der Waals surface area contributed by atoms with Crippen molar-refractivity contribution in [3.8, 4) is 11.5 Å². The van der Waals surface area contributed by atoms with Gasteiger partial charge in [0.15, 0.2) is 11.5 Å². The van der Waals surface area contributed by atoms with Gasteiger partial charge >= 0.3 is 0 Å². The molecule has 0 saturated carbocycles. The van der Waals surface area contributed by atoms with E-state index >= 15 is 0 Å². The molecule has 18 heavy (non-hydrogen) atoms. The molecule has 0 bridgehead atoms. The Kier molecular flexibility index (Phi) is 4.41. The quantitative estimate of drug-likeness (QED) is 0.760. The van der Waals surface area contributed by atoms with Crippen LogP contribution in [0.15, 0.2) is 18.2 Å². The number of hydrogen-bond donors (Lipinski definition) is 1. The first kappa shape index (κ1) is 13.1. The number of nitrogens with two attached hydrogens (primary N) is 1. The Morgan fingerprint density at radius 2 is 2.11 bits per heavy atom. The molecule has 1 fully saturated rings. The molecule has 1 aliphatic heterocycles. The fourth-order valence-corrected chi connectivity index (χ4v) is 2.04. The minimum Gasteiger partial charge on any atom is -0.493 e. The Bertz CT molecular complexity index is 392. The molecule has 2 rings (SSSR count). The maximum atomic E-state index is 5.88. The topological polar surface area (TPSA) is 57.0 Å². The lowest BCUT2D eigenvalue weighted by Gasteiger charge is -2.36. The van der Waals surface area contributed by atoms with Gasteiger partial charge in [0.25, 0.3) is 0 Å². The molecule has 0 aromatic heterocycles. The minimum atomic E-state index is 0.266. The molecule has 0 aliphatic carbocycles. The monoisotopic (exact) mass is 252 g/mol. The number of methoxy groups -OCH3 is 1. The zero-order chi connectivity index (χ0) is 13.0. The molecular weight excluding hydrogens is 232 g/mol. The van der Waals surface area contributed by atoms with Crippen molar-refractivity contribution in [3.05, 3.63) is 23.8 Å². The third-order valence-electron chi connectivity index (χ3n) is 3.06. The van der Waals surface area contributed by atoms with Crippen molar-refractivity contribution in [1.82, 2.24) is 4.90 Å². The van der Waals surface area contributed by atoms with Gasteiger partial charge in [-0.1, -0.05) is 6.07 Å². The SMILES string of the molecule is COc1cc(CCON)ccc1OC1CN(C)C1. The van der Waals surface area contributed by atoms with Gasteiger partial charge in [0.05, 0.1) is 13.7 Å². The Morgan fingerprint density at radius 3 is 2.72 bits per heavy atom. The first-order valence-electron chi connectivity index (χ1n) is 6.06. The van der Waals surface area contributed by atoms with E-state index in [0.29, 0.717) is 6.61 Å². The summed E-state index contributed by atoms with van der Waals surface area (Å²) in [5.74, 6) is 6.58. The van der Waals surface area contributed by atoms with Crippen LogP contribution in [0.3, 0.4) is 0 Å². The van der Waals surface area contributed by atoms with Gasteiger partial charge in [-0.2, -0.15) is 0 Å². The highest BCUT2D eigenvalue weighted by molar-refractivity contribution is 5.43. The Labute approximate surface area is 107 Å². The van der Waals surface area contributed by atoms with E-state index in [2.05, 4.69) is 16.8 Å².